The second-order valence-corrected chi connectivity index (χ2v) is 6.92. The van der Waals surface area contributed by atoms with Crippen LogP contribution in [-0.4, -0.2) is 37.8 Å². The number of hydrogen-bond acceptors (Lipinski definition) is 10. The number of nitrogens with two attached hydrogens (primary N) is 2. The number of oxazole rings is 1. The van der Waals surface area contributed by atoms with Crippen molar-refractivity contribution >= 4 is 28.7 Å². The maximum absolute atomic E-state index is 5.98. The molecule has 0 fully saturated rings. The Morgan fingerprint density at radius 2 is 2.00 bits per heavy atom. The zero-order valence-electron chi connectivity index (χ0n) is 14.5. The predicted octanol–water partition coefficient (Wildman–Crippen LogP) is 1.90. The Morgan fingerprint density at radius 1 is 1.14 bits per heavy atom. The highest BCUT2D eigenvalue weighted by Crippen LogP contribution is 2.44. The van der Waals surface area contributed by atoms with Crippen molar-refractivity contribution in [3.8, 4) is 23.0 Å². The molecule has 0 saturated carbocycles. The van der Waals surface area contributed by atoms with Crippen molar-refractivity contribution in [2.45, 2.75) is 16.6 Å². The van der Waals surface area contributed by atoms with Gasteiger partial charge in [-0.05, 0) is 12.1 Å². The van der Waals surface area contributed by atoms with Crippen LogP contribution < -0.4 is 20.9 Å². The lowest BCUT2D eigenvalue weighted by atomic mass is 10.2. The van der Waals surface area contributed by atoms with E-state index in [0.29, 0.717) is 52.6 Å². The van der Waals surface area contributed by atoms with E-state index in [2.05, 4.69) is 19.9 Å². The average molecular weight is 397 g/mol. The summed E-state index contributed by atoms with van der Waals surface area (Å²) in [6.07, 6.45) is 4.53. The number of benzene rings is 1. The molecule has 4 heterocycles. The average Bonchev–Trinajstić information content (AvgIpc) is 3.43. The summed E-state index contributed by atoms with van der Waals surface area (Å²) in [6, 6.07) is 3.73. The van der Waals surface area contributed by atoms with Gasteiger partial charge in [0.25, 0.3) is 0 Å². The van der Waals surface area contributed by atoms with Crippen LogP contribution in [0.5, 0.6) is 11.5 Å². The van der Waals surface area contributed by atoms with E-state index in [9.17, 15) is 0 Å². The Hall–Kier alpha value is -3.31. The highest BCUT2D eigenvalue weighted by atomic mass is 32.2. The van der Waals surface area contributed by atoms with Gasteiger partial charge >= 0.3 is 0 Å². The van der Waals surface area contributed by atoms with Gasteiger partial charge in [0.15, 0.2) is 33.6 Å². The molecule has 1 aliphatic rings. The fourth-order valence-corrected chi connectivity index (χ4v) is 4.02. The molecule has 0 radical (unpaired) electrons. The molecule has 5 rings (SSSR count). The maximum atomic E-state index is 5.98. The second kappa shape index (κ2) is 6.69. The number of nitrogen functional groups attached to an aromatic ring is 1. The first kappa shape index (κ1) is 16.8. The number of ether oxygens (including phenoxy) is 2. The molecule has 0 amide bonds. The van der Waals surface area contributed by atoms with Crippen LogP contribution in [0.2, 0.25) is 0 Å². The van der Waals surface area contributed by atoms with Crippen molar-refractivity contribution in [3.63, 3.8) is 0 Å². The van der Waals surface area contributed by atoms with Gasteiger partial charge in [0.05, 0.1) is 11.8 Å². The highest BCUT2D eigenvalue weighted by Gasteiger charge is 2.23. The standard InChI is InChI=1S/C17H15N7O3S/c18-1-3-24-15-13(14(19)21-7-22-15)23-17(24)28-12-6-11-10(26-8-27-11)5-9(12)16-20-2-4-25-16/h2,4-7H,1,3,8,18H2,(H2,19,21,22). The van der Waals surface area contributed by atoms with E-state index in [1.165, 1.54) is 24.4 Å². The molecular weight excluding hydrogens is 382 g/mol. The molecule has 10 nitrogen and oxygen atoms in total. The third-order valence-electron chi connectivity index (χ3n) is 4.22. The molecule has 1 aromatic carbocycles. The smallest absolute Gasteiger partial charge is 0.231 e. The Morgan fingerprint density at radius 3 is 2.79 bits per heavy atom. The van der Waals surface area contributed by atoms with Gasteiger partial charge in [0.1, 0.15) is 12.6 Å². The lowest BCUT2D eigenvalue weighted by Gasteiger charge is -2.10. The van der Waals surface area contributed by atoms with Crippen LogP contribution in [0.1, 0.15) is 0 Å². The molecule has 142 valence electrons. The zero-order chi connectivity index (χ0) is 19.1. The van der Waals surface area contributed by atoms with Gasteiger partial charge in [-0.25, -0.2) is 19.9 Å². The Balaban J connectivity index is 1.65. The molecule has 3 aromatic heterocycles. The quantitative estimate of drug-likeness (QED) is 0.513. The summed E-state index contributed by atoms with van der Waals surface area (Å²) in [5, 5.41) is 0.680. The molecule has 11 heteroatoms. The summed E-state index contributed by atoms with van der Waals surface area (Å²) >= 11 is 1.42. The summed E-state index contributed by atoms with van der Waals surface area (Å²) < 4.78 is 18.4. The summed E-state index contributed by atoms with van der Waals surface area (Å²) in [5.74, 6) is 2.09. The SMILES string of the molecule is NCCn1c(Sc2cc3c(cc2-c2ncco2)OCO3)nc2c(N)ncnc21. The van der Waals surface area contributed by atoms with Crippen LogP contribution in [0.3, 0.4) is 0 Å². The number of fused-ring (bicyclic) bond motifs is 2. The minimum absolute atomic E-state index is 0.173. The summed E-state index contributed by atoms with van der Waals surface area (Å²) in [7, 11) is 0. The summed E-state index contributed by atoms with van der Waals surface area (Å²) in [5.41, 5.74) is 13.7. The molecule has 28 heavy (non-hydrogen) atoms. The van der Waals surface area contributed by atoms with Crippen molar-refractivity contribution in [2.75, 3.05) is 19.1 Å². The molecule has 0 atom stereocenters. The number of nitrogens with zero attached hydrogens (tertiary/aromatic N) is 5. The van der Waals surface area contributed by atoms with Crippen molar-refractivity contribution < 1.29 is 13.9 Å². The van der Waals surface area contributed by atoms with E-state index >= 15 is 0 Å². The molecule has 0 unspecified atom stereocenters. The van der Waals surface area contributed by atoms with Gasteiger partial charge in [-0.1, -0.05) is 11.8 Å². The van der Waals surface area contributed by atoms with Crippen molar-refractivity contribution in [3.05, 3.63) is 30.9 Å². The number of imidazole rings is 1. The van der Waals surface area contributed by atoms with Gasteiger partial charge in [-0.2, -0.15) is 0 Å². The lowest BCUT2D eigenvalue weighted by Crippen LogP contribution is -2.11. The van der Waals surface area contributed by atoms with Gasteiger partial charge in [-0.3, -0.25) is 0 Å². The number of rotatable bonds is 5. The highest BCUT2D eigenvalue weighted by molar-refractivity contribution is 7.99. The topological polar surface area (TPSA) is 140 Å². The van der Waals surface area contributed by atoms with E-state index < -0.39 is 0 Å². The number of hydrogen-bond donors (Lipinski definition) is 2. The van der Waals surface area contributed by atoms with Crippen molar-refractivity contribution in [1.29, 1.82) is 0 Å². The largest absolute Gasteiger partial charge is 0.454 e. The van der Waals surface area contributed by atoms with Crippen molar-refractivity contribution in [1.82, 2.24) is 24.5 Å². The minimum atomic E-state index is 0.173. The van der Waals surface area contributed by atoms with E-state index in [1.54, 1.807) is 6.20 Å². The molecule has 1 aliphatic heterocycles. The minimum Gasteiger partial charge on any atom is -0.454 e. The summed E-state index contributed by atoms with van der Waals surface area (Å²) in [6.45, 7) is 1.14. The van der Waals surface area contributed by atoms with Crippen molar-refractivity contribution in [2.24, 2.45) is 5.73 Å². The van der Waals surface area contributed by atoms with E-state index in [0.717, 1.165) is 10.5 Å². The molecule has 4 aromatic rings. The fraction of sp³-hybridized carbons (Fsp3) is 0.176. The Labute approximate surface area is 162 Å². The van der Waals surface area contributed by atoms with Crippen LogP contribution in [0.4, 0.5) is 5.82 Å². The van der Waals surface area contributed by atoms with Crippen LogP contribution in [0.15, 0.2) is 45.4 Å². The molecule has 4 N–H and O–H groups in total. The predicted molar refractivity (Wildman–Crippen MR) is 101 cm³/mol. The van der Waals surface area contributed by atoms with Gasteiger partial charge < -0.3 is 29.9 Å². The third kappa shape index (κ3) is 2.72. The Kier molecular flexibility index (Phi) is 4.02. The van der Waals surface area contributed by atoms with Crippen LogP contribution in [0, 0.1) is 0 Å². The number of anilines is 1. The Bertz CT molecular complexity index is 1160. The first-order valence-electron chi connectivity index (χ1n) is 8.42. The molecule has 0 saturated heterocycles. The van der Waals surface area contributed by atoms with Crippen LogP contribution in [0.25, 0.3) is 22.6 Å². The van der Waals surface area contributed by atoms with E-state index in [1.807, 2.05) is 16.7 Å². The third-order valence-corrected chi connectivity index (χ3v) is 5.27. The van der Waals surface area contributed by atoms with E-state index in [-0.39, 0.29) is 6.79 Å². The maximum Gasteiger partial charge on any atom is 0.231 e. The monoisotopic (exact) mass is 397 g/mol. The lowest BCUT2D eigenvalue weighted by molar-refractivity contribution is 0.174. The van der Waals surface area contributed by atoms with E-state index in [4.69, 9.17) is 25.4 Å². The summed E-state index contributed by atoms with van der Waals surface area (Å²) in [4.78, 5) is 18.1. The van der Waals surface area contributed by atoms with Crippen LogP contribution >= 0.6 is 11.8 Å². The van der Waals surface area contributed by atoms with Gasteiger partial charge in [-0.15, -0.1) is 0 Å². The molecule has 0 aliphatic carbocycles. The molecule has 0 spiro atoms. The van der Waals surface area contributed by atoms with Gasteiger partial charge in [0, 0.05) is 18.0 Å². The zero-order valence-corrected chi connectivity index (χ0v) is 15.3. The first-order valence-corrected chi connectivity index (χ1v) is 9.24. The van der Waals surface area contributed by atoms with Gasteiger partial charge in [0.2, 0.25) is 12.7 Å². The van der Waals surface area contributed by atoms with Crippen LogP contribution in [-0.2, 0) is 6.54 Å². The second-order valence-electron chi connectivity index (χ2n) is 5.91. The normalized spacial score (nSPS) is 12.8. The molecular formula is C17H15N7O3S. The first-order chi connectivity index (χ1) is 13.7. The fourth-order valence-electron chi connectivity index (χ4n) is 2.97. The number of aromatic nitrogens is 5. The molecule has 0 bridgehead atoms.